The first kappa shape index (κ1) is 22.0. The summed E-state index contributed by atoms with van der Waals surface area (Å²) in [6, 6.07) is 0. The summed E-state index contributed by atoms with van der Waals surface area (Å²) < 4.78 is 5.46. The maximum atomic E-state index is 12.2. The number of aliphatic imine (C=N–C) groups is 1. The van der Waals surface area contributed by atoms with E-state index in [0.717, 1.165) is 38.9 Å². The molecule has 2 aliphatic rings. The minimum Gasteiger partial charge on any atom is -0.460 e. The average molecular weight is 466 g/mol. The topological polar surface area (TPSA) is 74.2 Å². The molecule has 0 bridgehead atoms. The maximum absolute atomic E-state index is 12.2. The molecule has 144 valence electrons. The van der Waals surface area contributed by atoms with E-state index in [2.05, 4.69) is 10.3 Å². The fourth-order valence-corrected chi connectivity index (χ4v) is 3.10. The Morgan fingerprint density at radius 3 is 2.36 bits per heavy atom. The molecule has 2 rings (SSSR count). The Morgan fingerprint density at radius 2 is 1.80 bits per heavy atom. The molecule has 0 aromatic carbocycles. The van der Waals surface area contributed by atoms with E-state index in [1.54, 1.807) is 7.05 Å². The minimum absolute atomic E-state index is 0. The van der Waals surface area contributed by atoms with Crippen molar-refractivity contribution in [1.29, 1.82) is 0 Å². The highest BCUT2D eigenvalue weighted by atomic mass is 127. The standard InChI is InChI=1S/C17H30N4O3.HI/c1-17(2,3)24-15(23)13-7-10-21(12-13)16(18-4)19-11-14(22)20-8-5-6-9-20;/h13H,5-12H2,1-4H3,(H,18,19);1H. The van der Waals surface area contributed by atoms with Crippen LogP contribution < -0.4 is 5.32 Å². The highest BCUT2D eigenvalue weighted by molar-refractivity contribution is 14.0. The summed E-state index contributed by atoms with van der Waals surface area (Å²) in [6.45, 7) is 8.90. The van der Waals surface area contributed by atoms with Crippen LogP contribution in [0.1, 0.15) is 40.0 Å². The molecule has 0 saturated carbocycles. The van der Waals surface area contributed by atoms with Crippen LogP contribution in [0, 0.1) is 5.92 Å². The predicted octanol–water partition coefficient (Wildman–Crippen LogP) is 1.47. The van der Waals surface area contributed by atoms with Crippen LogP contribution in [0.4, 0.5) is 0 Å². The molecule has 7 nitrogen and oxygen atoms in total. The van der Waals surface area contributed by atoms with Crippen LogP contribution in [0.2, 0.25) is 0 Å². The third-order valence-electron chi connectivity index (χ3n) is 4.30. The zero-order valence-corrected chi connectivity index (χ0v) is 18.0. The van der Waals surface area contributed by atoms with E-state index < -0.39 is 5.60 Å². The van der Waals surface area contributed by atoms with E-state index in [-0.39, 0.29) is 48.3 Å². The molecule has 25 heavy (non-hydrogen) atoms. The van der Waals surface area contributed by atoms with Crippen molar-refractivity contribution in [2.45, 2.75) is 45.6 Å². The Morgan fingerprint density at radius 1 is 1.16 bits per heavy atom. The lowest BCUT2D eigenvalue weighted by Gasteiger charge is -2.24. The normalized spacial score (nSPS) is 21.1. The first-order valence-electron chi connectivity index (χ1n) is 8.76. The summed E-state index contributed by atoms with van der Waals surface area (Å²) in [6.07, 6.45) is 2.92. The van der Waals surface area contributed by atoms with Gasteiger partial charge in [0.15, 0.2) is 5.96 Å². The van der Waals surface area contributed by atoms with Gasteiger partial charge < -0.3 is 19.9 Å². The molecule has 1 N–H and O–H groups in total. The summed E-state index contributed by atoms with van der Waals surface area (Å²) in [5, 5.41) is 3.13. The molecule has 2 heterocycles. The average Bonchev–Trinajstić information content (AvgIpc) is 3.17. The van der Waals surface area contributed by atoms with Gasteiger partial charge in [0, 0.05) is 33.2 Å². The minimum atomic E-state index is -0.466. The third kappa shape index (κ3) is 6.63. The number of amides is 1. The second-order valence-corrected chi connectivity index (χ2v) is 7.45. The lowest BCUT2D eigenvalue weighted by Crippen LogP contribution is -2.45. The van der Waals surface area contributed by atoms with Gasteiger partial charge in [-0.3, -0.25) is 14.6 Å². The highest BCUT2D eigenvalue weighted by Crippen LogP contribution is 2.20. The smallest absolute Gasteiger partial charge is 0.311 e. The van der Waals surface area contributed by atoms with Crippen molar-refractivity contribution in [3.8, 4) is 0 Å². The number of hydrogen-bond donors (Lipinski definition) is 1. The Hall–Kier alpha value is -1.06. The van der Waals surface area contributed by atoms with Crippen molar-refractivity contribution in [2.75, 3.05) is 39.8 Å². The summed E-state index contributed by atoms with van der Waals surface area (Å²) in [5.41, 5.74) is -0.466. The van der Waals surface area contributed by atoms with Gasteiger partial charge in [-0.15, -0.1) is 24.0 Å². The van der Waals surface area contributed by atoms with Crippen LogP contribution in [-0.4, -0.2) is 73.0 Å². The van der Waals surface area contributed by atoms with Gasteiger partial charge in [-0.1, -0.05) is 0 Å². The lowest BCUT2D eigenvalue weighted by molar-refractivity contribution is -0.159. The van der Waals surface area contributed by atoms with Gasteiger partial charge in [-0.2, -0.15) is 0 Å². The summed E-state index contributed by atoms with van der Waals surface area (Å²) >= 11 is 0. The molecule has 2 aliphatic heterocycles. The van der Waals surface area contributed by atoms with Gasteiger partial charge >= 0.3 is 5.97 Å². The SMILES string of the molecule is CN=C(NCC(=O)N1CCCC1)N1CCC(C(=O)OC(C)(C)C)C1.I. The van der Waals surface area contributed by atoms with Crippen LogP contribution in [0.3, 0.4) is 0 Å². The fraction of sp³-hybridized carbons (Fsp3) is 0.824. The van der Waals surface area contributed by atoms with Crippen LogP contribution in [0.5, 0.6) is 0 Å². The van der Waals surface area contributed by atoms with E-state index in [4.69, 9.17) is 4.74 Å². The number of guanidine groups is 1. The maximum Gasteiger partial charge on any atom is 0.311 e. The number of rotatable bonds is 3. The number of carbonyl (C=O) groups excluding carboxylic acids is 2. The number of nitrogens with one attached hydrogen (secondary N) is 1. The molecule has 8 heteroatoms. The third-order valence-corrected chi connectivity index (χ3v) is 4.30. The van der Waals surface area contributed by atoms with Gasteiger partial charge in [0.2, 0.25) is 5.91 Å². The second kappa shape index (κ2) is 9.59. The molecule has 1 unspecified atom stereocenters. The van der Waals surface area contributed by atoms with Gasteiger partial charge in [0.05, 0.1) is 12.5 Å². The highest BCUT2D eigenvalue weighted by Gasteiger charge is 2.33. The molecule has 0 radical (unpaired) electrons. The lowest BCUT2D eigenvalue weighted by atomic mass is 10.1. The van der Waals surface area contributed by atoms with Crippen molar-refractivity contribution in [3.05, 3.63) is 0 Å². The van der Waals surface area contributed by atoms with Crippen molar-refractivity contribution in [1.82, 2.24) is 15.1 Å². The van der Waals surface area contributed by atoms with E-state index in [1.165, 1.54) is 0 Å². The quantitative estimate of drug-likeness (QED) is 0.295. The van der Waals surface area contributed by atoms with Crippen LogP contribution in [0.15, 0.2) is 4.99 Å². The van der Waals surface area contributed by atoms with E-state index in [0.29, 0.717) is 12.5 Å². The number of ether oxygens (including phenoxy) is 1. The number of halogens is 1. The number of hydrogen-bond acceptors (Lipinski definition) is 4. The molecule has 0 spiro atoms. The number of carbonyl (C=O) groups is 2. The van der Waals surface area contributed by atoms with Crippen LogP contribution in [-0.2, 0) is 14.3 Å². The zero-order chi connectivity index (χ0) is 17.7. The summed E-state index contributed by atoms with van der Waals surface area (Å²) in [7, 11) is 1.70. The first-order valence-corrected chi connectivity index (χ1v) is 8.76. The molecular weight excluding hydrogens is 435 g/mol. The molecule has 0 aliphatic carbocycles. The van der Waals surface area contributed by atoms with Crippen molar-refractivity contribution < 1.29 is 14.3 Å². The van der Waals surface area contributed by atoms with Crippen molar-refractivity contribution in [3.63, 3.8) is 0 Å². The van der Waals surface area contributed by atoms with Crippen LogP contribution in [0.25, 0.3) is 0 Å². The largest absolute Gasteiger partial charge is 0.460 e. The first-order chi connectivity index (χ1) is 11.3. The van der Waals surface area contributed by atoms with Gasteiger partial charge in [0.1, 0.15) is 5.60 Å². The van der Waals surface area contributed by atoms with Gasteiger partial charge in [0.25, 0.3) is 0 Å². The predicted molar refractivity (Wildman–Crippen MR) is 108 cm³/mol. The fourth-order valence-electron chi connectivity index (χ4n) is 3.10. The van der Waals surface area contributed by atoms with Crippen LogP contribution >= 0.6 is 24.0 Å². The van der Waals surface area contributed by atoms with E-state index in [1.807, 2.05) is 30.6 Å². The van der Waals surface area contributed by atoms with Crippen molar-refractivity contribution >= 4 is 41.8 Å². The molecule has 2 saturated heterocycles. The molecule has 0 aromatic heterocycles. The second-order valence-electron chi connectivity index (χ2n) is 7.45. The summed E-state index contributed by atoms with van der Waals surface area (Å²) in [5.74, 6) is 0.482. The Labute approximate surface area is 167 Å². The number of likely N-dealkylation sites (tertiary alicyclic amines) is 2. The zero-order valence-electron chi connectivity index (χ0n) is 15.7. The molecule has 0 aromatic rings. The Bertz CT molecular complexity index is 499. The van der Waals surface area contributed by atoms with E-state index >= 15 is 0 Å². The summed E-state index contributed by atoms with van der Waals surface area (Å²) in [4.78, 5) is 32.5. The molecule has 1 amide bonds. The Balaban J connectivity index is 0.00000312. The number of esters is 1. The number of nitrogens with zero attached hydrogens (tertiary/aromatic N) is 3. The van der Waals surface area contributed by atoms with Gasteiger partial charge in [-0.25, -0.2) is 0 Å². The molecule has 2 fully saturated rings. The van der Waals surface area contributed by atoms with E-state index in [9.17, 15) is 9.59 Å². The Kier molecular flexibility index (Phi) is 8.43. The van der Waals surface area contributed by atoms with Crippen molar-refractivity contribution in [2.24, 2.45) is 10.9 Å². The molecule has 1 atom stereocenters. The monoisotopic (exact) mass is 466 g/mol. The van der Waals surface area contributed by atoms with Gasteiger partial charge in [-0.05, 0) is 40.0 Å². The molecular formula is C17H31IN4O3.